The van der Waals surface area contributed by atoms with E-state index in [1.165, 1.54) is 0 Å². The van der Waals surface area contributed by atoms with Crippen molar-refractivity contribution in [3.8, 4) is 0 Å². The SMILES string of the molecule is CCC(CC)CS(=O)CCC(=O)O. The van der Waals surface area contributed by atoms with Gasteiger partial charge in [-0.1, -0.05) is 26.7 Å². The zero-order valence-electron chi connectivity index (χ0n) is 8.28. The van der Waals surface area contributed by atoms with Crippen molar-refractivity contribution in [2.75, 3.05) is 11.5 Å². The second-order valence-corrected chi connectivity index (χ2v) is 4.76. The van der Waals surface area contributed by atoms with Gasteiger partial charge in [0.15, 0.2) is 0 Å². The molecule has 0 bridgehead atoms. The van der Waals surface area contributed by atoms with E-state index in [0.29, 0.717) is 17.4 Å². The molecule has 4 heteroatoms. The van der Waals surface area contributed by atoms with Crippen molar-refractivity contribution in [2.24, 2.45) is 5.92 Å². The van der Waals surface area contributed by atoms with Crippen LogP contribution in [0.2, 0.25) is 0 Å². The fraction of sp³-hybridized carbons (Fsp3) is 0.889. The van der Waals surface area contributed by atoms with Crippen LogP contribution in [0.3, 0.4) is 0 Å². The molecule has 3 nitrogen and oxygen atoms in total. The Kier molecular flexibility index (Phi) is 6.86. The lowest BCUT2D eigenvalue weighted by Gasteiger charge is -2.10. The van der Waals surface area contributed by atoms with Crippen molar-refractivity contribution >= 4 is 16.8 Å². The molecule has 0 aromatic rings. The summed E-state index contributed by atoms with van der Waals surface area (Å²) in [6.07, 6.45) is 2.07. The van der Waals surface area contributed by atoms with Gasteiger partial charge >= 0.3 is 5.97 Å². The number of hydrogen-bond acceptors (Lipinski definition) is 2. The van der Waals surface area contributed by atoms with Crippen LogP contribution in [0.1, 0.15) is 33.1 Å². The third-order valence-corrected chi connectivity index (χ3v) is 3.62. The van der Waals surface area contributed by atoms with Crippen LogP contribution in [0.15, 0.2) is 0 Å². The lowest BCUT2D eigenvalue weighted by atomic mass is 10.1. The molecule has 0 aliphatic rings. The van der Waals surface area contributed by atoms with Crippen LogP contribution < -0.4 is 0 Å². The fourth-order valence-electron chi connectivity index (χ4n) is 1.07. The Labute approximate surface area is 82.0 Å². The minimum absolute atomic E-state index is 0.0206. The Morgan fingerprint density at radius 3 is 2.31 bits per heavy atom. The summed E-state index contributed by atoms with van der Waals surface area (Å²) in [6.45, 7) is 4.14. The van der Waals surface area contributed by atoms with Crippen LogP contribution in [0.5, 0.6) is 0 Å². The number of aliphatic carboxylic acids is 1. The summed E-state index contributed by atoms with van der Waals surface area (Å²) in [6, 6.07) is 0. The highest BCUT2D eigenvalue weighted by atomic mass is 32.2. The highest BCUT2D eigenvalue weighted by molar-refractivity contribution is 7.85. The van der Waals surface area contributed by atoms with E-state index in [1.807, 2.05) is 0 Å². The van der Waals surface area contributed by atoms with Crippen molar-refractivity contribution in [1.29, 1.82) is 0 Å². The molecule has 0 heterocycles. The van der Waals surface area contributed by atoms with E-state index in [2.05, 4.69) is 13.8 Å². The van der Waals surface area contributed by atoms with Crippen molar-refractivity contribution < 1.29 is 14.1 Å². The first-order valence-electron chi connectivity index (χ1n) is 4.66. The van der Waals surface area contributed by atoms with Gasteiger partial charge in [-0.15, -0.1) is 0 Å². The maximum atomic E-state index is 11.3. The molecule has 78 valence electrons. The molecule has 13 heavy (non-hydrogen) atoms. The summed E-state index contributed by atoms with van der Waals surface area (Å²) < 4.78 is 11.3. The maximum absolute atomic E-state index is 11.3. The first-order valence-corrected chi connectivity index (χ1v) is 6.15. The molecule has 0 saturated heterocycles. The Bertz CT molecular complexity index is 176. The summed E-state index contributed by atoms with van der Waals surface area (Å²) in [5, 5.41) is 8.38. The van der Waals surface area contributed by atoms with Gasteiger partial charge in [-0.25, -0.2) is 0 Å². The molecule has 0 saturated carbocycles. The van der Waals surface area contributed by atoms with Crippen molar-refractivity contribution in [2.45, 2.75) is 33.1 Å². The van der Waals surface area contributed by atoms with Gasteiger partial charge in [0.2, 0.25) is 0 Å². The number of rotatable bonds is 7. The van der Waals surface area contributed by atoms with E-state index in [4.69, 9.17) is 5.11 Å². The van der Waals surface area contributed by atoms with Gasteiger partial charge in [0, 0.05) is 22.3 Å². The third kappa shape index (κ3) is 6.75. The minimum Gasteiger partial charge on any atom is -0.481 e. The normalized spacial score (nSPS) is 13.2. The third-order valence-electron chi connectivity index (χ3n) is 2.12. The summed E-state index contributed by atoms with van der Waals surface area (Å²) in [5.41, 5.74) is 0. The second kappa shape index (κ2) is 7.06. The highest BCUT2D eigenvalue weighted by Crippen LogP contribution is 2.09. The zero-order chi connectivity index (χ0) is 10.3. The number of carbonyl (C=O) groups is 1. The van der Waals surface area contributed by atoms with Crippen LogP contribution in [0.4, 0.5) is 0 Å². The van der Waals surface area contributed by atoms with Gasteiger partial charge in [0.1, 0.15) is 0 Å². The summed E-state index contributed by atoms with van der Waals surface area (Å²) in [4.78, 5) is 10.2. The first-order chi connectivity index (χ1) is 6.10. The van der Waals surface area contributed by atoms with Crippen LogP contribution in [-0.2, 0) is 15.6 Å². The Balaban J connectivity index is 3.66. The molecule has 0 aromatic carbocycles. The van der Waals surface area contributed by atoms with E-state index in [9.17, 15) is 9.00 Å². The molecular formula is C9H18O3S. The highest BCUT2D eigenvalue weighted by Gasteiger charge is 2.09. The molecule has 0 aromatic heterocycles. The average Bonchev–Trinajstić information content (AvgIpc) is 2.10. The smallest absolute Gasteiger partial charge is 0.304 e. The number of carboxylic acids is 1. The second-order valence-electron chi connectivity index (χ2n) is 3.14. The van der Waals surface area contributed by atoms with Gasteiger partial charge in [0.25, 0.3) is 0 Å². The predicted molar refractivity (Wildman–Crippen MR) is 54.2 cm³/mol. The maximum Gasteiger partial charge on any atom is 0.304 e. The predicted octanol–water partition coefficient (Wildman–Crippen LogP) is 1.65. The summed E-state index contributed by atoms with van der Waals surface area (Å²) in [5.74, 6) is 0.569. The molecule has 0 aliphatic carbocycles. The zero-order valence-corrected chi connectivity index (χ0v) is 9.10. The molecular weight excluding hydrogens is 188 g/mol. The standard InChI is InChI=1S/C9H18O3S/c1-3-8(4-2)7-13(12)6-5-9(10)11/h8H,3-7H2,1-2H3,(H,10,11). The Hall–Kier alpha value is -0.380. The molecule has 1 atom stereocenters. The Morgan fingerprint density at radius 1 is 1.38 bits per heavy atom. The van der Waals surface area contributed by atoms with E-state index in [-0.39, 0.29) is 6.42 Å². The molecule has 0 aliphatic heterocycles. The van der Waals surface area contributed by atoms with Crippen LogP contribution >= 0.6 is 0 Å². The lowest BCUT2D eigenvalue weighted by Crippen LogP contribution is -2.14. The van der Waals surface area contributed by atoms with Crippen molar-refractivity contribution in [3.63, 3.8) is 0 Å². The van der Waals surface area contributed by atoms with E-state index < -0.39 is 16.8 Å². The fourth-order valence-corrected chi connectivity index (χ4v) is 2.64. The van der Waals surface area contributed by atoms with E-state index in [0.717, 1.165) is 12.8 Å². The molecule has 0 spiro atoms. The molecule has 1 unspecified atom stereocenters. The Morgan fingerprint density at radius 2 is 1.92 bits per heavy atom. The van der Waals surface area contributed by atoms with Crippen LogP contribution in [-0.4, -0.2) is 26.8 Å². The molecule has 0 amide bonds. The van der Waals surface area contributed by atoms with Crippen LogP contribution in [0.25, 0.3) is 0 Å². The molecule has 0 fully saturated rings. The molecule has 0 rings (SSSR count). The monoisotopic (exact) mass is 206 g/mol. The number of hydrogen-bond donors (Lipinski definition) is 1. The first kappa shape index (κ1) is 12.6. The number of carboxylic acid groups (broad SMARTS) is 1. The van der Waals surface area contributed by atoms with Gasteiger partial charge in [-0.05, 0) is 5.92 Å². The van der Waals surface area contributed by atoms with Gasteiger partial charge in [-0.3, -0.25) is 9.00 Å². The van der Waals surface area contributed by atoms with Gasteiger partial charge < -0.3 is 5.11 Å². The molecule has 1 N–H and O–H groups in total. The lowest BCUT2D eigenvalue weighted by molar-refractivity contribution is -0.136. The van der Waals surface area contributed by atoms with Crippen molar-refractivity contribution in [3.05, 3.63) is 0 Å². The van der Waals surface area contributed by atoms with Crippen LogP contribution in [0, 0.1) is 5.92 Å². The average molecular weight is 206 g/mol. The summed E-state index contributed by atoms with van der Waals surface area (Å²) >= 11 is 0. The van der Waals surface area contributed by atoms with Gasteiger partial charge in [-0.2, -0.15) is 0 Å². The topological polar surface area (TPSA) is 54.4 Å². The van der Waals surface area contributed by atoms with Crippen molar-refractivity contribution in [1.82, 2.24) is 0 Å². The largest absolute Gasteiger partial charge is 0.481 e. The minimum atomic E-state index is -0.951. The summed E-state index contributed by atoms with van der Waals surface area (Å²) in [7, 11) is -0.951. The van der Waals surface area contributed by atoms with E-state index in [1.54, 1.807) is 0 Å². The van der Waals surface area contributed by atoms with E-state index >= 15 is 0 Å². The quantitative estimate of drug-likeness (QED) is 0.689. The molecule has 0 radical (unpaired) electrons. The van der Waals surface area contributed by atoms with Gasteiger partial charge in [0.05, 0.1) is 6.42 Å².